The molecule has 8 atom stereocenters. The van der Waals surface area contributed by atoms with Gasteiger partial charge in [0.25, 0.3) is 0 Å². The number of hydrogen-bond acceptors (Lipinski definition) is 12. The summed E-state index contributed by atoms with van der Waals surface area (Å²) in [5.41, 5.74) is 1.69. The molecular weight excluding hydrogens is 662 g/mol. The van der Waals surface area contributed by atoms with Crippen molar-refractivity contribution < 1.29 is 34.4 Å². The van der Waals surface area contributed by atoms with E-state index in [1.807, 2.05) is 32.0 Å². The van der Waals surface area contributed by atoms with Crippen LogP contribution in [0.3, 0.4) is 0 Å². The van der Waals surface area contributed by atoms with Gasteiger partial charge < -0.3 is 35.0 Å². The number of phenolic OH excluding ortho intramolecular Hbond substituents is 1. The number of ether oxygens (including phenoxy) is 2. The van der Waals surface area contributed by atoms with Gasteiger partial charge in [0.2, 0.25) is 0 Å². The Morgan fingerprint density at radius 2 is 2.00 bits per heavy atom. The van der Waals surface area contributed by atoms with Crippen LogP contribution in [-0.2, 0) is 19.1 Å². The molecule has 1 saturated heterocycles. The first kappa shape index (κ1) is 38.1. The molecule has 1 aromatic carbocycles. The molecule has 3 fully saturated rings. The van der Waals surface area contributed by atoms with Crippen molar-refractivity contribution in [3.05, 3.63) is 53.3 Å². The molecule has 5 unspecified atom stereocenters. The lowest BCUT2D eigenvalue weighted by atomic mass is 9.45. The van der Waals surface area contributed by atoms with E-state index in [0.29, 0.717) is 55.3 Å². The minimum absolute atomic E-state index is 0.00539. The Hall–Kier alpha value is -3.68. The number of allylic oxidation sites excluding steroid dienone is 1. The minimum Gasteiger partial charge on any atom is -0.507 e. The SMILES string of the molecule is C=C1C(N2CCOCC2)CC2[C@](C)(CC[C@@H](O)[C@@]2(C)CO)C1CC(NC(C)C(=O)CC1=NCC=N1)C1=C/C(=C\c2ccc(N(C)C)cc2O)OC1=O. The molecule has 3 aliphatic heterocycles. The predicted molar refractivity (Wildman–Crippen MR) is 201 cm³/mol. The number of nitrogens with one attached hydrogen (secondary N) is 1. The number of Topliss-reactive ketones (excluding diaryl/α,β-unsaturated/α-hetero) is 1. The number of carbonyl (C=O) groups excluding carboxylic acids is 2. The van der Waals surface area contributed by atoms with Crippen molar-refractivity contribution in [2.75, 3.05) is 58.5 Å². The zero-order chi connectivity index (χ0) is 37.4. The van der Waals surface area contributed by atoms with Crippen molar-refractivity contribution in [3.63, 3.8) is 0 Å². The van der Waals surface area contributed by atoms with Gasteiger partial charge in [0, 0.05) is 68.2 Å². The Bertz CT molecular complexity index is 1680. The topological polar surface area (TPSA) is 157 Å². The highest BCUT2D eigenvalue weighted by Gasteiger charge is 2.60. The minimum atomic E-state index is -0.725. The lowest BCUT2D eigenvalue weighted by Gasteiger charge is -2.62. The summed E-state index contributed by atoms with van der Waals surface area (Å²) >= 11 is 0. The van der Waals surface area contributed by atoms with Crippen LogP contribution in [0.25, 0.3) is 6.08 Å². The normalized spacial score (nSPS) is 32.6. The Morgan fingerprint density at radius 3 is 2.65 bits per heavy atom. The molecule has 0 radical (unpaired) electrons. The van der Waals surface area contributed by atoms with E-state index in [1.165, 1.54) is 0 Å². The monoisotopic (exact) mass is 717 g/mol. The standard InChI is InChI=1S/C40H55N5O7/c1-24-30(39(3)10-9-36(49)40(4,23-46)35(39)21-32(24)45-13-15-51-16-14-45)20-31(43-25(2)33(47)22-37-41-11-12-42-37)29-19-28(52-38(29)50)17-26-7-8-27(44(5)6)18-34(26)48/h7-8,11,17-19,25,30-32,35-36,43,46,48-49H,1,9-10,12-16,20-23H2,2-6H3/b28-17+/t25?,30?,31?,32?,35?,36-,39-,40+/m1/s1. The number of ketones is 1. The van der Waals surface area contributed by atoms with Gasteiger partial charge in [-0.05, 0) is 74.1 Å². The van der Waals surface area contributed by atoms with Crippen LogP contribution in [0, 0.1) is 22.7 Å². The molecule has 12 heteroatoms. The zero-order valence-electron chi connectivity index (χ0n) is 31.2. The number of anilines is 1. The predicted octanol–water partition coefficient (Wildman–Crippen LogP) is 3.51. The third-order valence-electron chi connectivity index (χ3n) is 12.5. The number of aromatic hydroxyl groups is 1. The van der Waals surface area contributed by atoms with Crippen LogP contribution in [0.1, 0.15) is 58.4 Å². The number of fused-ring (bicyclic) bond motifs is 1. The first-order valence-electron chi connectivity index (χ1n) is 18.5. The van der Waals surface area contributed by atoms with Crippen molar-refractivity contribution in [2.45, 2.75) is 77.1 Å². The van der Waals surface area contributed by atoms with Crippen LogP contribution in [0.2, 0.25) is 0 Å². The number of aliphatic hydroxyl groups is 2. The molecule has 0 amide bonds. The number of hydrogen-bond donors (Lipinski definition) is 4. The highest BCUT2D eigenvalue weighted by atomic mass is 16.5. The number of carbonyl (C=O) groups is 2. The average molecular weight is 718 g/mol. The van der Waals surface area contributed by atoms with Gasteiger partial charge >= 0.3 is 5.97 Å². The van der Waals surface area contributed by atoms with Crippen LogP contribution in [0.5, 0.6) is 5.75 Å². The second-order valence-electron chi connectivity index (χ2n) is 15.9. The zero-order valence-corrected chi connectivity index (χ0v) is 31.2. The third kappa shape index (κ3) is 7.41. The van der Waals surface area contributed by atoms with E-state index in [9.17, 15) is 24.9 Å². The summed E-state index contributed by atoms with van der Waals surface area (Å²) in [4.78, 5) is 40.1. The van der Waals surface area contributed by atoms with E-state index < -0.39 is 29.6 Å². The number of benzene rings is 1. The number of aliphatic imine (C=N–C) groups is 2. The van der Waals surface area contributed by atoms with Gasteiger partial charge in [-0.2, -0.15) is 0 Å². The van der Waals surface area contributed by atoms with Crippen LogP contribution in [0.15, 0.2) is 57.7 Å². The Morgan fingerprint density at radius 1 is 1.25 bits per heavy atom. The molecule has 3 heterocycles. The second-order valence-corrected chi connectivity index (χ2v) is 15.9. The maximum atomic E-state index is 13.8. The fraction of sp³-hybridized carbons (Fsp3) is 0.600. The molecule has 1 aromatic rings. The summed E-state index contributed by atoms with van der Waals surface area (Å²) in [6.45, 7) is 13.9. The molecule has 52 heavy (non-hydrogen) atoms. The van der Waals surface area contributed by atoms with Crippen molar-refractivity contribution >= 4 is 35.6 Å². The van der Waals surface area contributed by atoms with Gasteiger partial charge in [0.15, 0.2) is 5.78 Å². The summed E-state index contributed by atoms with van der Waals surface area (Å²) in [5.74, 6) is 0.0511. The van der Waals surface area contributed by atoms with Crippen molar-refractivity contribution in [1.82, 2.24) is 10.2 Å². The number of aliphatic hydroxyl groups excluding tert-OH is 2. The quantitative estimate of drug-likeness (QED) is 0.187. The first-order valence-corrected chi connectivity index (χ1v) is 18.5. The number of nitrogens with zero attached hydrogens (tertiary/aromatic N) is 4. The molecule has 0 spiro atoms. The molecule has 5 aliphatic rings. The lowest BCUT2D eigenvalue weighted by molar-refractivity contribution is -0.163. The number of phenols is 1. The Labute approximate surface area is 307 Å². The first-order chi connectivity index (χ1) is 24.7. The smallest absolute Gasteiger partial charge is 0.341 e. The summed E-state index contributed by atoms with van der Waals surface area (Å²) < 4.78 is 11.5. The van der Waals surface area contributed by atoms with E-state index in [4.69, 9.17) is 16.1 Å². The maximum Gasteiger partial charge on any atom is 0.341 e. The molecule has 4 N–H and O–H groups in total. The van der Waals surface area contributed by atoms with E-state index >= 15 is 0 Å². The molecule has 0 bridgehead atoms. The molecule has 2 aliphatic carbocycles. The van der Waals surface area contributed by atoms with Crippen LogP contribution < -0.4 is 10.2 Å². The van der Waals surface area contributed by atoms with Gasteiger partial charge in [-0.3, -0.25) is 14.7 Å². The second kappa shape index (κ2) is 15.4. The van der Waals surface area contributed by atoms with E-state index in [0.717, 1.165) is 37.2 Å². The fourth-order valence-corrected chi connectivity index (χ4v) is 9.30. The lowest BCUT2D eigenvalue weighted by Crippen LogP contribution is -2.62. The van der Waals surface area contributed by atoms with Crippen LogP contribution in [0.4, 0.5) is 5.69 Å². The summed E-state index contributed by atoms with van der Waals surface area (Å²) in [6, 6.07) is 4.06. The van der Waals surface area contributed by atoms with Gasteiger partial charge in [-0.1, -0.05) is 26.0 Å². The van der Waals surface area contributed by atoms with Gasteiger partial charge in [0.1, 0.15) is 17.3 Å². The van der Waals surface area contributed by atoms with Gasteiger partial charge in [-0.25, -0.2) is 9.79 Å². The van der Waals surface area contributed by atoms with Crippen molar-refractivity contribution in [1.29, 1.82) is 0 Å². The number of morpholine rings is 1. The molecule has 282 valence electrons. The largest absolute Gasteiger partial charge is 0.507 e. The number of cyclic esters (lactones) is 1. The third-order valence-corrected chi connectivity index (χ3v) is 12.5. The van der Waals surface area contributed by atoms with Crippen LogP contribution in [-0.4, -0.2) is 122 Å². The van der Waals surface area contributed by atoms with Crippen LogP contribution >= 0.6 is 0 Å². The van der Waals surface area contributed by atoms with E-state index in [-0.39, 0.29) is 47.9 Å². The number of esters is 1. The summed E-state index contributed by atoms with van der Waals surface area (Å²) in [5, 5.41) is 36.5. The average Bonchev–Trinajstić information content (AvgIpc) is 3.77. The Kier molecular flexibility index (Phi) is 11.2. The number of rotatable bonds is 12. The summed E-state index contributed by atoms with van der Waals surface area (Å²) in [6.07, 6.45) is 6.92. The van der Waals surface area contributed by atoms with Gasteiger partial charge in [-0.15, -0.1) is 0 Å². The fourth-order valence-electron chi connectivity index (χ4n) is 9.30. The highest BCUT2D eigenvalue weighted by Crippen LogP contribution is 2.62. The molecule has 12 nitrogen and oxygen atoms in total. The molecular formula is C40H55N5O7. The molecule has 0 aromatic heterocycles. The number of amidine groups is 1. The van der Waals surface area contributed by atoms with Crippen molar-refractivity contribution in [2.24, 2.45) is 32.7 Å². The maximum absolute atomic E-state index is 13.8. The van der Waals surface area contributed by atoms with Gasteiger partial charge in [0.05, 0.1) is 50.5 Å². The summed E-state index contributed by atoms with van der Waals surface area (Å²) in [7, 11) is 3.78. The Balaban J connectivity index is 1.37. The van der Waals surface area contributed by atoms with E-state index in [1.54, 1.807) is 37.4 Å². The molecule has 2 saturated carbocycles. The highest BCUT2D eigenvalue weighted by molar-refractivity contribution is 6.07. The van der Waals surface area contributed by atoms with E-state index in [2.05, 4.69) is 27.1 Å². The molecule has 6 rings (SSSR count). The van der Waals surface area contributed by atoms with Crippen molar-refractivity contribution in [3.8, 4) is 5.75 Å².